The Morgan fingerprint density at radius 1 is 1.26 bits per heavy atom. The monoisotopic (exact) mass is 260 g/mol. The second kappa shape index (κ2) is 6.33. The van der Waals surface area contributed by atoms with Gasteiger partial charge in [0.05, 0.1) is 23.3 Å². The zero-order valence-electron chi connectivity index (χ0n) is 11.5. The van der Waals surface area contributed by atoms with Crippen LogP contribution in [0.25, 0.3) is 0 Å². The smallest absolute Gasteiger partial charge is 0.138 e. The van der Waals surface area contributed by atoms with Crippen LogP contribution in [-0.2, 0) is 26.1 Å². The van der Waals surface area contributed by atoms with Crippen LogP contribution < -0.4 is 10.5 Å². The maximum Gasteiger partial charge on any atom is 0.138 e. The summed E-state index contributed by atoms with van der Waals surface area (Å²) in [6.07, 6.45) is 2.64. The average molecular weight is 260 g/mol. The van der Waals surface area contributed by atoms with Crippen LogP contribution in [0.3, 0.4) is 0 Å². The van der Waals surface area contributed by atoms with Crippen molar-refractivity contribution in [3.05, 3.63) is 41.5 Å². The van der Waals surface area contributed by atoms with E-state index in [9.17, 15) is 0 Å². The van der Waals surface area contributed by atoms with Gasteiger partial charge >= 0.3 is 0 Å². The Hall–Kier alpha value is -1.88. The van der Waals surface area contributed by atoms with Crippen LogP contribution in [0.2, 0.25) is 0 Å². The molecule has 2 aromatic heterocycles. The number of hydrogen-bond donors (Lipinski definition) is 1. The summed E-state index contributed by atoms with van der Waals surface area (Å²) in [6, 6.07) is 5.86. The van der Waals surface area contributed by atoms with Crippen LogP contribution in [0.15, 0.2) is 24.4 Å². The van der Waals surface area contributed by atoms with Gasteiger partial charge in [-0.2, -0.15) is 5.10 Å². The molecule has 0 aliphatic carbocycles. The zero-order valence-corrected chi connectivity index (χ0v) is 11.5. The van der Waals surface area contributed by atoms with E-state index in [1.807, 2.05) is 16.8 Å². The fraction of sp³-hybridized carbons (Fsp3) is 0.429. The Morgan fingerprint density at radius 2 is 2.11 bits per heavy atom. The number of pyridine rings is 1. The number of nitrogens with two attached hydrogens (primary N) is 1. The lowest BCUT2D eigenvalue weighted by molar-refractivity contribution is 0.291. The van der Waals surface area contributed by atoms with Crippen molar-refractivity contribution >= 4 is 0 Å². The standard InChI is InChI=1S/C14H20N4O/c1-3-11-7-13(18(4-2)17-11)10-19-14-6-5-12(8-15)16-9-14/h5-7,9H,3-4,8,10,15H2,1-2H3. The van der Waals surface area contributed by atoms with E-state index in [0.717, 1.165) is 35.8 Å². The molecule has 0 amide bonds. The van der Waals surface area contributed by atoms with E-state index in [2.05, 4.69) is 30.0 Å². The Morgan fingerprint density at radius 3 is 2.68 bits per heavy atom. The molecule has 0 saturated carbocycles. The number of aryl methyl sites for hydroxylation is 2. The van der Waals surface area contributed by atoms with Gasteiger partial charge in [0.1, 0.15) is 12.4 Å². The summed E-state index contributed by atoms with van der Waals surface area (Å²) in [6.45, 7) is 5.98. The van der Waals surface area contributed by atoms with Crippen molar-refractivity contribution in [1.82, 2.24) is 14.8 Å². The van der Waals surface area contributed by atoms with Gasteiger partial charge in [0, 0.05) is 13.1 Å². The second-order valence-corrected chi connectivity index (χ2v) is 4.27. The van der Waals surface area contributed by atoms with Gasteiger partial charge in [-0.3, -0.25) is 9.67 Å². The highest BCUT2D eigenvalue weighted by Crippen LogP contribution is 2.13. The topological polar surface area (TPSA) is 66.0 Å². The van der Waals surface area contributed by atoms with Gasteiger partial charge in [-0.15, -0.1) is 0 Å². The molecule has 0 bridgehead atoms. The molecule has 0 aromatic carbocycles. The third kappa shape index (κ3) is 3.32. The molecule has 2 rings (SSSR count). The third-order valence-corrected chi connectivity index (χ3v) is 2.97. The molecule has 5 nitrogen and oxygen atoms in total. The van der Waals surface area contributed by atoms with Gasteiger partial charge in [0.2, 0.25) is 0 Å². The summed E-state index contributed by atoms with van der Waals surface area (Å²) in [5.74, 6) is 0.749. The molecule has 0 fully saturated rings. The lowest BCUT2D eigenvalue weighted by atomic mass is 10.3. The highest BCUT2D eigenvalue weighted by atomic mass is 16.5. The molecule has 0 spiro atoms. The van der Waals surface area contributed by atoms with Gasteiger partial charge in [0.15, 0.2) is 0 Å². The van der Waals surface area contributed by atoms with E-state index in [1.165, 1.54) is 0 Å². The molecule has 0 saturated heterocycles. The summed E-state index contributed by atoms with van der Waals surface area (Å²) in [7, 11) is 0. The molecular formula is C14H20N4O. The predicted octanol–water partition coefficient (Wildman–Crippen LogP) is 1.90. The van der Waals surface area contributed by atoms with Crippen molar-refractivity contribution in [2.45, 2.75) is 40.0 Å². The van der Waals surface area contributed by atoms with Crippen molar-refractivity contribution in [3.63, 3.8) is 0 Å². The molecule has 0 aliphatic heterocycles. The fourth-order valence-corrected chi connectivity index (χ4v) is 1.85. The lowest BCUT2D eigenvalue weighted by Crippen LogP contribution is -2.06. The molecule has 0 unspecified atom stereocenters. The van der Waals surface area contributed by atoms with Gasteiger partial charge in [-0.05, 0) is 31.5 Å². The first kappa shape index (κ1) is 13.5. The molecule has 19 heavy (non-hydrogen) atoms. The zero-order chi connectivity index (χ0) is 13.7. The second-order valence-electron chi connectivity index (χ2n) is 4.27. The molecule has 5 heteroatoms. The number of aromatic nitrogens is 3. The van der Waals surface area contributed by atoms with Gasteiger partial charge < -0.3 is 10.5 Å². The summed E-state index contributed by atoms with van der Waals surface area (Å²) in [4.78, 5) is 4.20. The maximum absolute atomic E-state index is 5.73. The molecule has 2 aromatic rings. The lowest BCUT2D eigenvalue weighted by Gasteiger charge is -2.07. The summed E-state index contributed by atoms with van der Waals surface area (Å²) < 4.78 is 7.70. The van der Waals surface area contributed by atoms with Crippen LogP contribution >= 0.6 is 0 Å². The Kier molecular flexibility index (Phi) is 4.52. The molecule has 2 N–H and O–H groups in total. The number of hydrogen-bond acceptors (Lipinski definition) is 4. The highest BCUT2D eigenvalue weighted by Gasteiger charge is 2.06. The van der Waals surface area contributed by atoms with E-state index in [-0.39, 0.29) is 0 Å². The van der Waals surface area contributed by atoms with E-state index >= 15 is 0 Å². The van der Waals surface area contributed by atoms with Crippen LogP contribution in [-0.4, -0.2) is 14.8 Å². The normalized spacial score (nSPS) is 10.7. The molecule has 0 atom stereocenters. The quantitative estimate of drug-likeness (QED) is 0.861. The number of rotatable bonds is 6. The van der Waals surface area contributed by atoms with Crippen molar-refractivity contribution in [2.75, 3.05) is 0 Å². The first-order valence-corrected chi connectivity index (χ1v) is 6.60. The van der Waals surface area contributed by atoms with E-state index in [1.54, 1.807) is 6.20 Å². The molecule has 2 heterocycles. The minimum absolute atomic E-state index is 0.447. The predicted molar refractivity (Wildman–Crippen MR) is 73.7 cm³/mol. The van der Waals surface area contributed by atoms with Crippen LogP contribution in [0.5, 0.6) is 5.75 Å². The molecule has 0 radical (unpaired) electrons. The first-order chi connectivity index (χ1) is 9.26. The van der Waals surface area contributed by atoms with Crippen LogP contribution in [0.4, 0.5) is 0 Å². The third-order valence-electron chi connectivity index (χ3n) is 2.97. The van der Waals surface area contributed by atoms with Gasteiger partial charge in [-0.25, -0.2) is 0 Å². The minimum atomic E-state index is 0.447. The maximum atomic E-state index is 5.73. The Balaban J connectivity index is 2.02. The largest absolute Gasteiger partial charge is 0.486 e. The first-order valence-electron chi connectivity index (χ1n) is 6.60. The summed E-state index contributed by atoms with van der Waals surface area (Å²) >= 11 is 0. The highest BCUT2D eigenvalue weighted by molar-refractivity contribution is 5.20. The number of nitrogens with zero attached hydrogens (tertiary/aromatic N) is 3. The fourth-order valence-electron chi connectivity index (χ4n) is 1.85. The minimum Gasteiger partial charge on any atom is -0.486 e. The van der Waals surface area contributed by atoms with Gasteiger partial charge in [0.25, 0.3) is 0 Å². The van der Waals surface area contributed by atoms with Gasteiger partial charge in [-0.1, -0.05) is 6.92 Å². The Labute approximate surface area is 113 Å². The molecular weight excluding hydrogens is 240 g/mol. The van der Waals surface area contributed by atoms with E-state index in [4.69, 9.17) is 10.5 Å². The van der Waals surface area contributed by atoms with Crippen molar-refractivity contribution in [1.29, 1.82) is 0 Å². The van der Waals surface area contributed by atoms with Crippen molar-refractivity contribution in [3.8, 4) is 5.75 Å². The van der Waals surface area contributed by atoms with E-state index in [0.29, 0.717) is 13.2 Å². The van der Waals surface area contributed by atoms with Crippen LogP contribution in [0, 0.1) is 0 Å². The Bertz CT molecular complexity index is 519. The average Bonchev–Trinajstić information content (AvgIpc) is 2.88. The molecule has 102 valence electrons. The van der Waals surface area contributed by atoms with Crippen molar-refractivity contribution < 1.29 is 4.74 Å². The van der Waals surface area contributed by atoms with E-state index < -0.39 is 0 Å². The SMILES string of the molecule is CCc1cc(COc2ccc(CN)nc2)n(CC)n1. The molecule has 0 aliphatic rings. The van der Waals surface area contributed by atoms with Crippen molar-refractivity contribution in [2.24, 2.45) is 5.73 Å². The number of ether oxygens (including phenoxy) is 1. The summed E-state index contributed by atoms with van der Waals surface area (Å²) in [5.41, 5.74) is 8.55. The summed E-state index contributed by atoms with van der Waals surface area (Å²) in [5, 5.41) is 4.49. The van der Waals surface area contributed by atoms with Crippen LogP contribution in [0.1, 0.15) is 30.9 Å².